The second kappa shape index (κ2) is 9.16. The van der Waals surface area contributed by atoms with Crippen molar-refractivity contribution in [3.8, 4) is 5.75 Å². The van der Waals surface area contributed by atoms with Crippen LogP contribution in [-0.2, 0) is 30.7 Å². The Morgan fingerprint density at radius 3 is 2.17 bits per heavy atom. The van der Waals surface area contributed by atoms with E-state index in [0.717, 1.165) is 6.92 Å². The van der Waals surface area contributed by atoms with Gasteiger partial charge in [-0.2, -0.15) is 13.2 Å². The van der Waals surface area contributed by atoms with Gasteiger partial charge in [0.25, 0.3) is 0 Å². The lowest BCUT2D eigenvalue weighted by Gasteiger charge is -2.10. The minimum atomic E-state index is -4.95. The van der Waals surface area contributed by atoms with Crippen molar-refractivity contribution in [2.24, 2.45) is 0 Å². The van der Waals surface area contributed by atoms with Crippen LogP contribution < -0.4 is 10.2 Å². The molecular weight excluding hydrogens is 427 g/mol. The van der Waals surface area contributed by atoms with Crippen molar-refractivity contribution >= 4 is 21.7 Å². The molecule has 2 rings (SSSR count). The number of benzene rings is 2. The van der Waals surface area contributed by atoms with Gasteiger partial charge in [0.15, 0.2) is 5.75 Å². The molecule has 162 valence electrons. The number of carbonyl (C=O) groups excluding carboxylic acids is 2. The van der Waals surface area contributed by atoms with Crippen LogP contribution in [-0.4, -0.2) is 33.0 Å². The average Bonchev–Trinajstić information content (AvgIpc) is 2.66. The first-order chi connectivity index (χ1) is 13.9. The minimum absolute atomic E-state index is 0.0136. The molecule has 11 heteroatoms. The van der Waals surface area contributed by atoms with Crippen LogP contribution in [0.2, 0.25) is 0 Å². The first-order valence-corrected chi connectivity index (χ1v) is 10.0. The van der Waals surface area contributed by atoms with Gasteiger partial charge >= 0.3 is 18.1 Å². The molecule has 30 heavy (non-hydrogen) atoms. The number of hydrogen-bond donors (Lipinski definition) is 1. The van der Waals surface area contributed by atoms with Crippen LogP contribution in [0, 0.1) is 6.92 Å². The molecule has 0 atom stereocenters. The van der Waals surface area contributed by atoms with E-state index in [1.165, 1.54) is 42.5 Å². The normalized spacial score (nSPS) is 11.6. The minimum Gasteiger partial charge on any atom is -0.348 e. The summed E-state index contributed by atoms with van der Waals surface area (Å²) >= 11 is 0. The Bertz CT molecular complexity index is 1030. The van der Waals surface area contributed by atoms with Crippen LogP contribution in [0.25, 0.3) is 0 Å². The number of alkyl halides is 3. The smallest absolute Gasteiger partial charge is 0.348 e. The van der Waals surface area contributed by atoms with Gasteiger partial charge < -0.3 is 5.32 Å². The Morgan fingerprint density at radius 1 is 1.03 bits per heavy atom. The average molecular weight is 445 g/mol. The van der Waals surface area contributed by atoms with E-state index in [4.69, 9.17) is 4.89 Å². The zero-order chi connectivity index (χ0) is 22.5. The topological polar surface area (TPSA) is 98.8 Å². The van der Waals surface area contributed by atoms with E-state index in [0.29, 0.717) is 11.1 Å². The predicted molar refractivity (Wildman–Crippen MR) is 98.2 cm³/mol. The van der Waals surface area contributed by atoms with Crippen molar-refractivity contribution in [2.75, 3.05) is 6.54 Å². The lowest BCUT2D eigenvalue weighted by atomic mass is 10.1. The maximum absolute atomic E-state index is 12.8. The summed E-state index contributed by atoms with van der Waals surface area (Å²) in [6, 6.07) is 9.57. The van der Waals surface area contributed by atoms with Gasteiger partial charge in [-0.15, -0.1) is 0 Å². The number of halogens is 3. The Balaban J connectivity index is 2.09. The largest absolute Gasteiger partial charge is 0.471 e. The molecule has 0 bridgehead atoms. The highest BCUT2D eigenvalue weighted by molar-refractivity contribution is 7.91. The van der Waals surface area contributed by atoms with Gasteiger partial charge in [0, 0.05) is 13.5 Å². The lowest BCUT2D eigenvalue weighted by Crippen LogP contribution is -2.37. The van der Waals surface area contributed by atoms with Crippen LogP contribution in [0.4, 0.5) is 13.2 Å². The van der Waals surface area contributed by atoms with E-state index >= 15 is 0 Å². The molecule has 0 aromatic heterocycles. The van der Waals surface area contributed by atoms with Gasteiger partial charge in [0.1, 0.15) is 0 Å². The quantitative estimate of drug-likeness (QED) is 0.520. The molecule has 0 aliphatic carbocycles. The fraction of sp³-hybridized carbons (Fsp3) is 0.263. The number of nitrogens with one attached hydrogen (secondary N) is 1. The van der Waals surface area contributed by atoms with Gasteiger partial charge in [0.2, 0.25) is 9.84 Å². The highest BCUT2D eigenvalue weighted by Crippen LogP contribution is 2.27. The van der Waals surface area contributed by atoms with E-state index in [-0.39, 0.29) is 28.5 Å². The standard InChI is InChI=1S/C19H18F3NO6S/c1-12-11-16(7-8-17(12)29-28-13(2)24)30(26,27)15-5-3-14(4-6-15)9-10-23-18(25)19(20,21)22/h3-8,11H,9-10H2,1-2H3,(H,23,25). The molecular formula is C19H18F3NO6S. The molecule has 0 unspecified atom stereocenters. The summed E-state index contributed by atoms with van der Waals surface area (Å²) in [5, 5.41) is 1.75. The van der Waals surface area contributed by atoms with Gasteiger partial charge in [-0.1, -0.05) is 12.1 Å². The summed E-state index contributed by atoms with van der Waals surface area (Å²) in [4.78, 5) is 30.8. The molecule has 0 fully saturated rings. The summed E-state index contributed by atoms with van der Waals surface area (Å²) in [5.41, 5.74) is 0.979. The fourth-order valence-electron chi connectivity index (χ4n) is 2.38. The zero-order valence-electron chi connectivity index (χ0n) is 15.9. The summed E-state index contributed by atoms with van der Waals surface area (Å²) in [6.45, 7) is 2.49. The Labute approximate surface area is 170 Å². The van der Waals surface area contributed by atoms with E-state index in [1.807, 2.05) is 0 Å². The van der Waals surface area contributed by atoms with Crippen molar-refractivity contribution in [1.82, 2.24) is 5.32 Å². The van der Waals surface area contributed by atoms with Crippen molar-refractivity contribution in [3.05, 3.63) is 53.6 Å². The summed E-state index contributed by atoms with van der Waals surface area (Å²) < 4.78 is 62.0. The molecule has 2 aromatic carbocycles. The van der Waals surface area contributed by atoms with Crippen LogP contribution in [0.1, 0.15) is 18.1 Å². The van der Waals surface area contributed by atoms with Crippen molar-refractivity contribution in [3.63, 3.8) is 0 Å². The third kappa shape index (κ3) is 5.96. The summed E-state index contributed by atoms with van der Waals surface area (Å²) in [7, 11) is -3.86. The first kappa shape index (κ1) is 23.2. The second-order valence-corrected chi connectivity index (χ2v) is 8.19. The van der Waals surface area contributed by atoms with Gasteiger partial charge in [-0.05, 0) is 54.8 Å². The number of amides is 1. The molecule has 0 spiro atoms. The first-order valence-electron chi connectivity index (χ1n) is 8.56. The van der Waals surface area contributed by atoms with Crippen LogP contribution in [0.3, 0.4) is 0 Å². The van der Waals surface area contributed by atoms with Gasteiger partial charge in [0.05, 0.1) is 9.79 Å². The molecule has 0 heterocycles. The van der Waals surface area contributed by atoms with E-state index < -0.39 is 27.9 Å². The Kier molecular flexibility index (Phi) is 7.08. The number of rotatable bonds is 7. The van der Waals surface area contributed by atoms with Crippen molar-refractivity contribution < 1.29 is 41.0 Å². The molecule has 0 aliphatic heterocycles. The number of carbonyl (C=O) groups is 2. The maximum Gasteiger partial charge on any atom is 0.471 e. The lowest BCUT2D eigenvalue weighted by molar-refractivity contribution is -0.211. The monoisotopic (exact) mass is 445 g/mol. The number of aryl methyl sites for hydroxylation is 1. The van der Waals surface area contributed by atoms with Gasteiger partial charge in [-0.25, -0.2) is 13.2 Å². The molecule has 1 amide bonds. The second-order valence-electron chi connectivity index (χ2n) is 6.24. The molecule has 0 saturated carbocycles. The highest BCUT2D eigenvalue weighted by atomic mass is 32.2. The molecule has 0 saturated heterocycles. The molecule has 0 radical (unpaired) electrons. The number of hydrogen-bond acceptors (Lipinski definition) is 6. The molecule has 0 aliphatic rings. The Morgan fingerprint density at radius 2 is 1.63 bits per heavy atom. The van der Waals surface area contributed by atoms with Crippen LogP contribution in [0.5, 0.6) is 5.75 Å². The SMILES string of the molecule is CC(=O)OOc1ccc(S(=O)(=O)c2ccc(CCNC(=O)C(F)(F)F)cc2)cc1C. The van der Waals surface area contributed by atoms with Crippen molar-refractivity contribution in [1.29, 1.82) is 0 Å². The fourth-order valence-corrected chi connectivity index (χ4v) is 3.72. The van der Waals surface area contributed by atoms with Crippen LogP contribution >= 0.6 is 0 Å². The Hall–Kier alpha value is -3.08. The van der Waals surface area contributed by atoms with Crippen molar-refractivity contribution in [2.45, 2.75) is 36.2 Å². The third-order valence-electron chi connectivity index (χ3n) is 3.90. The third-order valence-corrected chi connectivity index (χ3v) is 5.66. The van der Waals surface area contributed by atoms with E-state index in [2.05, 4.69) is 4.89 Å². The predicted octanol–water partition coefficient (Wildman–Crippen LogP) is 2.91. The summed E-state index contributed by atoms with van der Waals surface area (Å²) in [6.07, 6.45) is -4.85. The zero-order valence-corrected chi connectivity index (χ0v) is 16.8. The van der Waals surface area contributed by atoms with E-state index in [9.17, 15) is 31.2 Å². The van der Waals surface area contributed by atoms with E-state index in [1.54, 1.807) is 12.2 Å². The molecule has 2 aromatic rings. The highest BCUT2D eigenvalue weighted by Gasteiger charge is 2.38. The van der Waals surface area contributed by atoms with Gasteiger partial charge in [-0.3, -0.25) is 14.6 Å². The summed E-state index contributed by atoms with van der Waals surface area (Å²) in [5.74, 6) is -2.51. The van der Waals surface area contributed by atoms with Crippen LogP contribution in [0.15, 0.2) is 52.3 Å². The molecule has 7 nitrogen and oxygen atoms in total. The number of sulfone groups is 1. The maximum atomic E-state index is 12.8. The molecule has 1 N–H and O–H groups in total.